The highest BCUT2D eigenvalue weighted by Crippen LogP contribution is 2.25. The van der Waals surface area contributed by atoms with Crippen molar-refractivity contribution in [3.63, 3.8) is 0 Å². The first-order chi connectivity index (χ1) is 9.28. The molecule has 2 aromatic rings. The molecule has 3 nitrogen and oxygen atoms in total. The van der Waals surface area contributed by atoms with E-state index in [-0.39, 0.29) is 12.5 Å². The highest BCUT2D eigenvalue weighted by Gasteiger charge is 2.13. The number of carbonyl (C=O) groups is 2. The van der Waals surface area contributed by atoms with E-state index < -0.39 is 0 Å². The van der Waals surface area contributed by atoms with E-state index in [2.05, 4.69) is 0 Å². The summed E-state index contributed by atoms with van der Waals surface area (Å²) in [5.41, 5.74) is 2.86. The SMILES string of the molecule is O=Cc1cccc(C(CO)c2cccc(C=O)c2)c1. The summed E-state index contributed by atoms with van der Waals surface area (Å²) in [6, 6.07) is 14.2. The van der Waals surface area contributed by atoms with E-state index in [1.165, 1.54) is 0 Å². The quantitative estimate of drug-likeness (QED) is 0.834. The fourth-order valence-corrected chi connectivity index (χ4v) is 2.10. The fraction of sp³-hybridized carbons (Fsp3) is 0.125. The number of rotatable bonds is 5. The van der Waals surface area contributed by atoms with Crippen LogP contribution in [0.15, 0.2) is 48.5 Å². The first-order valence-corrected chi connectivity index (χ1v) is 5.99. The molecule has 19 heavy (non-hydrogen) atoms. The van der Waals surface area contributed by atoms with Crippen molar-refractivity contribution in [1.82, 2.24) is 0 Å². The molecule has 0 saturated carbocycles. The molecule has 3 heteroatoms. The van der Waals surface area contributed by atoms with Gasteiger partial charge in [-0.05, 0) is 23.3 Å². The second kappa shape index (κ2) is 6.07. The number of benzene rings is 2. The zero-order chi connectivity index (χ0) is 13.7. The van der Waals surface area contributed by atoms with Crippen LogP contribution in [-0.4, -0.2) is 24.3 Å². The van der Waals surface area contributed by atoms with Crippen molar-refractivity contribution < 1.29 is 14.7 Å². The summed E-state index contributed by atoms with van der Waals surface area (Å²) in [6.07, 6.45) is 1.56. The summed E-state index contributed by atoms with van der Waals surface area (Å²) < 4.78 is 0. The minimum Gasteiger partial charge on any atom is -0.395 e. The summed E-state index contributed by atoms with van der Waals surface area (Å²) in [5, 5.41) is 9.58. The van der Waals surface area contributed by atoms with Gasteiger partial charge in [0.05, 0.1) is 6.61 Å². The second-order valence-corrected chi connectivity index (χ2v) is 4.31. The summed E-state index contributed by atoms with van der Waals surface area (Å²) in [4.78, 5) is 21.6. The molecule has 0 aliphatic carbocycles. The van der Waals surface area contributed by atoms with Crippen molar-refractivity contribution in [2.24, 2.45) is 0 Å². The van der Waals surface area contributed by atoms with E-state index in [9.17, 15) is 14.7 Å². The van der Waals surface area contributed by atoms with Gasteiger partial charge in [-0.25, -0.2) is 0 Å². The Balaban J connectivity index is 2.42. The Kier molecular flexibility index (Phi) is 4.21. The smallest absolute Gasteiger partial charge is 0.150 e. The van der Waals surface area contributed by atoms with Crippen molar-refractivity contribution in [2.45, 2.75) is 5.92 Å². The Morgan fingerprint density at radius 1 is 0.895 bits per heavy atom. The van der Waals surface area contributed by atoms with Crippen molar-refractivity contribution in [2.75, 3.05) is 6.61 Å². The molecule has 0 radical (unpaired) electrons. The number of hydrogen-bond acceptors (Lipinski definition) is 3. The van der Waals surface area contributed by atoms with E-state index in [4.69, 9.17) is 0 Å². The molecule has 0 aliphatic rings. The Bertz CT molecular complexity index is 539. The number of aliphatic hydroxyl groups excluding tert-OH is 1. The summed E-state index contributed by atoms with van der Waals surface area (Å²) in [5.74, 6) is -0.236. The van der Waals surface area contributed by atoms with Gasteiger partial charge in [-0.3, -0.25) is 9.59 Å². The van der Waals surface area contributed by atoms with Crippen LogP contribution in [0.5, 0.6) is 0 Å². The molecular formula is C16H14O3. The van der Waals surface area contributed by atoms with Gasteiger partial charge in [0.1, 0.15) is 12.6 Å². The molecule has 0 spiro atoms. The monoisotopic (exact) mass is 254 g/mol. The molecule has 0 aliphatic heterocycles. The molecule has 2 aromatic carbocycles. The third-order valence-electron chi connectivity index (χ3n) is 3.08. The molecule has 0 atom stereocenters. The lowest BCUT2D eigenvalue weighted by Crippen LogP contribution is -2.07. The van der Waals surface area contributed by atoms with Crippen LogP contribution in [-0.2, 0) is 0 Å². The lowest BCUT2D eigenvalue weighted by molar-refractivity contribution is 0.111. The van der Waals surface area contributed by atoms with Crippen LogP contribution in [0.3, 0.4) is 0 Å². The molecule has 0 heterocycles. The zero-order valence-corrected chi connectivity index (χ0v) is 10.3. The summed E-state index contributed by atoms with van der Waals surface area (Å²) >= 11 is 0. The normalized spacial score (nSPS) is 10.4. The lowest BCUT2D eigenvalue weighted by Gasteiger charge is -2.16. The minimum atomic E-state index is -0.236. The maximum absolute atomic E-state index is 10.8. The van der Waals surface area contributed by atoms with Crippen LogP contribution in [0, 0.1) is 0 Å². The average Bonchev–Trinajstić information content (AvgIpc) is 2.48. The second-order valence-electron chi connectivity index (χ2n) is 4.31. The zero-order valence-electron chi connectivity index (χ0n) is 10.3. The van der Waals surface area contributed by atoms with Crippen LogP contribution >= 0.6 is 0 Å². The topological polar surface area (TPSA) is 54.4 Å². The maximum atomic E-state index is 10.8. The predicted octanol–water partition coefficient (Wildman–Crippen LogP) is 2.44. The number of hydrogen-bond donors (Lipinski definition) is 1. The van der Waals surface area contributed by atoms with Crippen molar-refractivity contribution in [3.05, 3.63) is 70.8 Å². The summed E-state index contributed by atoms with van der Waals surface area (Å²) in [7, 11) is 0. The van der Waals surface area contributed by atoms with Gasteiger partial charge < -0.3 is 5.11 Å². The number of aliphatic hydroxyl groups is 1. The lowest BCUT2D eigenvalue weighted by atomic mass is 9.90. The van der Waals surface area contributed by atoms with Crippen molar-refractivity contribution in [1.29, 1.82) is 0 Å². The number of carbonyl (C=O) groups excluding carboxylic acids is 2. The van der Waals surface area contributed by atoms with Crippen LogP contribution in [0.4, 0.5) is 0 Å². The van der Waals surface area contributed by atoms with E-state index >= 15 is 0 Å². The third kappa shape index (κ3) is 2.95. The summed E-state index contributed by atoms with van der Waals surface area (Å²) in [6.45, 7) is -0.0787. The van der Waals surface area contributed by atoms with Gasteiger partial charge >= 0.3 is 0 Å². The molecule has 0 bridgehead atoms. The van der Waals surface area contributed by atoms with E-state index in [0.29, 0.717) is 11.1 Å². The van der Waals surface area contributed by atoms with Gasteiger partial charge in [0.15, 0.2) is 0 Å². The minimum absolute atomic E-state index is 0.0787. The molecule has 2 rings (SSSR count). The maximum Gasteiger partial charge on any atom is 0.150 e. The molecule has 0 amide bonds. The van der Waals surface area contributed by atoms with Crippen LogP contribution in [0.2, 0.25) is 0 Å². The largest absolute Gasteiger partial charge is 0.395 e. The molecule has 1 N–H and O–H groups in total. The molecule has 96 valence electrons. The van der Waals surface area contributed by atoms with Gasteiger partial charge in [0, 0.05) is 17.0 Å². The Labute approximate surface area is 111 Å². The molecular weight excluding hydrogens is 240 g/mol. The molecule has 0 aromatic heterocycles. The first-order valence-electron chi connectivity index (χ1n) is 5.99. The fourth-order valence-electron chi connectivity index (χ4n) is 2.10. The van der Waals surface area contributed by atoms with Gasteiger partial charge in [0.2, 0.25) is 0 Å². The molecule has 0 fully saturated rings. The average molecular weight is 254 g/mol. The van der Waals surface area contributed by atoms with E-state index in [0.717, 1.165) is 23.7 Å². The van der Waals surface area contributed by atoms with Gasteiger partial charge in [-0.2, -0.15) is 0 Å². The standard InChI is InChI=1S/C16H14O3/c17-9-12-3-1-5-14(7-12)16(11-19)15-6-2-4-13(8-15)10-18/h1-10,16,19H,11H2. The van der Waals surface area contributed by atoms with Gasteiger partial charge in [-0.1, -0.05) is 36.4 Å². The number of aldehydes is 2. The van der Waals surface area contributed by atoms with Gasteiger partial charge in [0.25, 0.3) is 0 Å². The van der Waals surface area contributed by atoms with Crippen LogP contribution in [0.1, 0.15) is 37.8 Å². The van der Waals surface area contributed by atoms with Crippen molar-refractivity contribution >= 4 is 12.6 Å². The predicted molar refractivity (Wildman–Crippen MR) is 72.6 cm³/mol. The van der Waals surface area contributed by atoms with E-state index in [1.54, 1.807) is 36.4 Å². The van der Waals surface area contributed by atoms with Crippen molar-refractivity contribution in [3.8, 4) is 0 Å². The molecule has 0 saturated heterocycles. The Morgan fingerprint density at radius 3 is 1.74 bits per heavy atom. The highest BCUT2D eigenvalue weighted by molar-refractivity contribution is 5.76. The van der Waals surface area contributed by atoms with Crippen LogP contribution < -0.4 is 0 Å². The Morgan fingerprint density at radius 2 is 1.37 bits per heavy atom. The highest BCUT2D eigenvalue weighted by atomic mass is 16.3. The van der Waals surface area contributed by atoms with Crippen LogP contribution in [0.25, 0.3) is 0 Å². The molecule has 0 unspecified atom stereocenters. The first kappa shape index (κ1) is 13.2. The Hall–Kier alpha value is -2.26. The third-order valence-corrected chi connectivity index (χ3v) is 3.08. The van der Waals surface area contributed by atoms with Gasteiger partial charge in [-0.15, -0.1) is 0 Å². The van der Waals surface area contributed by atoms with E-state index in [1.807, 2.05) is 12.1 Å².